The van der Waals surface area contributed by atoms with Crippen LogP contribution < -0.4 is 9.47 Å². The molecule has 0 spiro atoms. The van der Waals surface area contributed by atoms with Crippen molar-refractivity contribution in [3.63, 3.8) is 0 Å². The predicted octanol–water partition coefficient (Wildman–Crippen LogP) is 2.77. The average Bonchev–Trinajstić information content (AvgIpc) is 2.56. The topological polar surface area (TPSA) is 51.7 Å². The smallest absolute Gasteiger partial charge is 0.421 e. The number of halogens is 3. The normalized spacial score (nSPS) is 14.8. The number of alkyl halides is 3. The molecule has 1 saturated heterocycles. The van der Waals surface area contributed by atoms with Crippen molar-refractivity contribution >= 4 is 5.91 Å². The number of amides is 1. The summed E-state index contributed by atoms with van der Waals surface area (Å²) in [6, 6.07) is 11.0. The monoisotopic (exact) mass is 352 g/mol. The van der Waals surface area contributed by atoms with Crippen LogP contribution in [0.15, 0.2) is 48.7 Å². The third-order valence-electron chi connectivity index (χ3n) is 3.66. The van der Waals surface area contributed by atoms with Crippen molar-refractivity contribution in [2.45, 2.75) is 12.3 Å². The molecule has 25 heavy (non-hydrogen) atoms. The number of aromatic nitrogens is 1. The molecule has 1 aliphatic heterocycles. The van der Waals surface area contributed by atoms with Crippen molar-refractivity contribution < 1.29 is 27.4 Å². The zero-order chi connectivity index (χ0) is 17.9. The van der Waals surface area contributed by atoms with Gasteiger partial charge in [-0.2, -0.15) is 13.2 Å². The summed E-state index contributed by atoms with van der Waals surface area (Å²) in [6.07, 6.45) is -3.82. The molecule has 5 nitrogen and oxygen atoms in total. The van der Waals surface area contributed by atoms with Gasteiger partial charge in [-0.15, -0.1) is 0 Å². The molecule has 0 unspecified atom stereocenters. The first-order valence-corrected chi connectivity index (χ1v) is 7.58. The summed E-state index contributed by atoms with van der Waals surface area (Å²) in [5.74, 6) is -0.138. The molecule has 1 amide bonds. The maximum atomic E-state index is 12.9. The van der Waals surface area contributed by atoms with E-state index in [-0.39, 0.29) is 25.6 Å². The molecule has 2 aromatic rings. The van der Waals surface area contributed by atoms with Gasteiger partial charge in [-0.3, -0.25) is 4.79 Å². The minimum Gasteiger partial charge on any atom is -0.484 e. The van der Waals surface area contributed by atoms with E-state index in [1.54, 1.807) is 24.3 Å². The van der Waals surface area contributed by atoms with E-state index >= 15 is 0 Å². The summed E-state index contributed by atoms with van der Waals surface area (Å²) in [4.78, 5) is 17.1. The number of carbonyl (C=O) groups is 1. The van der Waals surface area contributed by atoms with Crippen LogP contribution in [0.5, 0.6) is 11.6 Å². The Balaban J connectivity index is 1.49. The molecule has 0 N–H and O–H groups in total. The molecule has 0 atom stereocenters. The summed E-state index contributed by atoms with van der Waals surface area (Å²) >= 11 is 0. The highest BCUT2D eigenvalue weighted by molar-refractivity contribution is 5.78. The highest BCUT2D eigenvalue weighted by atomic mass is 19.4. The molecule has 8 heteroatoms. The van der Waals surface area contributed by atoms with E-state index < -0.39 is 23.7 Å². The SMILES string of the molecule is O=C(COc1ccccc1)N1CC(Oc2ncccc2C(F)(F)F)C1. The summed E-state index contributed by atoms with van der Waals surface area (Å²) in [7, 11) is 0. The molecule has 0 saturated carbocycles. The molecule has 2 heterocycles. The fraction of sp³-hybridized carbons (Fsp3) is 0.294. The van der Waals surface area contributed by atoms with Crippen LogP contribution in [0.2, 0.25) is 0 Å². The van der Waals surface area contributed by atoms with Gasteiger partial charge in [-0.05, 0) is 24.3 Å². The fourth-order valence-electron chi connectivity index (χ4n) is 2.33. The van der Waals surface area contributed by atoms with Crippen molar-refractivity contribution in [2.75, 3.05) is 19.7 Å². The van der Waals surface area contributed by atoms with Gasteiger partial charge in [0.2, 0.25) is 5.88 Å². The molecule has 1 aromatic carbocycles. The van der Waals surface area contributed by atoms with Crippen LogP contribution in [0.1, 0.15) is 5.56 Å². The van der Waals surface area contributed by atoms with Gasteiger partial charge >= 0.3 is 6.18 Å². The Labute approximate surface area is 142 Å². The van der Waals surface area contributed by atoms with Crippen LogP contribution in [0.3, 0.4) is 0 Å². The third kappa shape index (κ3) is 4.20. The molecular formula is C17H15F3N2O3. The Morgan fingerprint density at radius 3 is 2.56 bits per heavy atom. The van der Waals surface area contributed by atoms with Crippen LogP contribution in [0.4, 0.5) is 13.2 Å². The van der Waals surface area contributed by atoms with Gasteiger partial charge in [0.15, 0.2) is 6.61 Å². The Kier molecular flexibility index (Phi) is 4.78. The van der Waals surface area contributed by atoms with Crippen molar-refractivity contribution in [3.8, 4) is 11.6 Å². The van der Waals surface area contributed by atoms with E-state index in [4.69, 9.17) is 9.47 Å². The van der Waals surface area contributed by atoms with Gasteiger partial charge in [0.25, 0.3) is 5.91 Å². The lowest BCUT2D eigenvalue weighted by molar-refractivity contribution is -0.146. The number of hydrogen-bond donors (Lipinski definition) is 0. The first-order chi connectivity index (χ1) is 11.9. The molecule has 1 aliphatic rings. The summed E-state index contributed by atoms with van der Waals surface area (Å²) in [5, 5.41) is 0. The molecule has 3 rings (SSSR count). The number of pyridine rings is 1. The van der Waals surface area contributed by atoms with Gasteiger partial charge in [-0.25, -0.2) is 4.98 Å². The average molecular weight is 352 g/mol. The lowest BCUT2D eigenvalue weighted by atomic mass is 10.1. The summed E-state index contributed by atoms with van der Waals surface area (Å²) < 4.78 is 49.3. The molecule has 0 bridgehead atoms. The number of carbonyl (C=O) groups excluding carboxylic acids is 1. The van der Waals surface area contributed by atoms with Gasteiger partial charge in [-0.1, -0.05) is 18.2 Å². The number of hydrogen-bond acceptors (Lipinski definition) is 4. The van der Waals surface area contributed by atoms with Crippen molar-refractivity contribution in [1.29, 1.82) is 0 Å². The summed E-state index contributed by atoms with van der Waals surface area (Å²) in [6.45, 7) is 0.268. The Morgan fingerprint density at radius 1 is 1.16 bits per heavy atom. The lowest BCUT2D eigenvalue weighted by Crippen LogP contribution is -2.57. The van der Waals surface area contributed by atoms with Gasteiger partial charge in [0.05, 0.1) is 13.1 Å². The molecule has 1 fully saturated rings. The van der Waals surface area contributed by atoms with Crippen LogP contribution >= 0.6 is 0 Å². The second-order valence-corrected chi connectivity index (χ2v) is 5.49. The van der Waals surface area contributed by atoms with Crippen LogP contribution in [0, 0.1) is 0 Å². The first-order valence-electron chi connectivity index (χ1n) is 7.58. The lowest BCUT2D eigenvalue weighted by Gasteiger charge is -2.38. The van der Waals surface area contributed by atoms with Crippen molar-refractivity contribution in [2.24, 2.45) is 0 Å². The fourth-order valence-corrected chi connectivity index (χ4v) is 2.33. The number of ether oxygens (including phenoxy) is 2. The van der Waals surface area contributed by atoms with E-state index in [0.717, 1.165) is 6.07 Å². The predicted molar refractivity (Wildman–Crippen MR) is 82.2 cm³/mol. The third-order valence-corrected chi connectivity index (χ3v) is 3.66. The number of benzene rings is 1. The molecule has 0 radical (unpaired) electrons. The highest BCUT2D eigenvalue weighted by Gasteiger charge is 2.38. The van der Waals surface area contributed by atoms with Gasteiger partial charge in [0.1, 0.15) is 17.4 Å². The number of nitrogens with zero attached hydrogens (tertiary/aromatic N) is 2. The first kappa shape index (κ1) is 17.1. The number of likely N-dealkylation sites (tertiary alicyclic amines) is 1. The molecular weight excluding hydrogens is 337 g/mol. The number of para-hydroxylation sites is 1. The maximum absolute atomic E-state index is 12.9. The van der Waals surface area contributed by atoms with E-state index in [9.17, 15) is 18.0 Å². The zero-order valence-electron chi connectivity index (χ0n) is 13.1. The Hall–Kier alpha value is -2.77. The molecule has 0 aliphatic carbocycles. The largest absolute Gasteiger partial charge is 0.484 e. The molecule has 132 valence electrons. The van der Waals surface area contributed by atoms with E-state index in [1.807, 2.05) is 6.07 Å². The standard InChI is InChI=1S/C17H15F3N2O3/c18-17(19,20)14-7-4-8-21-16(14)25-13-9-22(10-13)15(23)11-24-12-5-2-1-3-6-12/h1-8,13H,9-11H2. The number of rotatable bonds is 5. The van der Waals surface area contributed by atoms with E-state index in [1.165, 1.54) is 17.2 Å². The van der Waals surface area contributed by atoms with Crippen molar-refractivity contribution in [3.05, 3.63) is 54.2 Å². The van der Waals surface area contributed by atoms with Gasteiger partial charge in [0, 0.05) is 6.20 Å². The minimum atomic E-state index is -4.54. The zero-order valence-corrected chi connectivity index (χ0v) is 13.1. The van der Waals surface area contributed by atoms with E-state index in [2.05, 4.69) is 4.98 Å². The second kappa shape index (κ2) is 7.00. The van der Waals surface area contributed by atoms with E-state index in [0.29, 0.717) is 5.75 Å². The highest BCUT2D eigenvalue weighted by Crippen LogP contribution is 2.35. The van der Waals surface area contributed by atoms with Gasteiger partial charge < -0.3 is 14.4 Å². The maximum Gasteiger partial charge on any atom is 0.421 e. The Morgan fingerprint density at radius 2 is 1.88 bits per heavy atom. The minimum absolute atomic E-state index is 0.131. The van der Waals surface area contributed by atoms with Crippen LogP contribution in [-0.4, -0.2) is 41.6 Å². The molecule has 1 aromatic heterocycles. The second-order valence-electron chi connectivity index (χ2n) is 5.49. The Bertz CT molecular complexity index is 731. The van der Waals surface area contributed by atoms with Crippen molar-refractivity contribution in [1.82, 2.24) is 9.88 Å². The quantitative estimate of drug-likeness (QED) is 0.830. The van der Waals surface area contributed by atoms with Crippen LogP contribution in [0.25, 0.3) is 0 Å². The summed E-state index contributed by atoms with van der Waals surface area (Å²) in [5.41, 5.74) is -0.924. The van der Waals surface area contributed by atoms with Crippen LogP contribution in [-0.2, 0) is 11.0 Å².